The average Bonchev–Trinajstić information content (AvgIpc) is 1.38. The van der Waals surface area contributed by atoms with Gasteiger partial charge in [0.25, 0.3) is 0 Å². The van der Waals surface area contributed by atoms with Crippen LogP contribution >= 0.6 is 0 Å². The predicted molar refractivity (Wildman–Crippen MR) is 37.7 cm³/mol. The SMILES string of the molecule is CCC(C)[O-].[Al+3].[Al+3].[Al+3].[O-2]. The van der Waals surface area contributed by atoms with Crippen LogP contribution in [-0.2, 0) is 5.48 Å². The van der Waals surface area contributed by atoms with Gasteiger partial charge in [0, 0.05) is 0 Å². The van der Waals surface area contributed by atoms with Gasteiger partial charge in [-0.25, -0.2) is 0 Å². The van der Waals surface area contributed by atoms with Gasteiger partial charge >= 0.3 is 52.1 Å². The minimum Gasteiger partial charge on any atom is -2.00 e. The van der Waals surface area contributed by atoms with Crippen LogP contribution in [0.5, 0.6) is 0 Å². The van der Waals surface area contributed by atoms with Gasteiger partial charge in [-0.3, -0.25) is 0 Å². The molecule has 2 nitrogen and oxygen atoms in total. The standard InChI is InChI=1S/C4H9O.3Al.O/c1-3-4(2)5;;;;/h4H,3H2,1-2H3;;;;/q-1;3*+3;-2. The van der Waals surface area contributed by atoms with E-state index in [1.807, 2.05) is 6.92 Å². The van der Waals surface area contributed by atoms with Crippen LogP contribution < -0.4 is 5.11 Å². The summed E-state index contributed by atoms with van der Waals surface area (Å²) < 4.78 is 0. The fourth-order valence-electron chi connectivity index (χ4n) is 0. The van der Waals surface area contributed by atoms with Gasteiger partial charge < -0.3 is 10.6 Å². The van der Waals surface area contributed by atoms with Crippen molar-refractivity contribution in [1.29, 1.82) is 0 Å². The molecule has 0 N–H and O–H groups in total. The summed E-state index contributed by atoms with van der Waals surface area (Å²) in [5, 5.41) is 9.90. The molecule has 0 saturated carbocycles. The zero-order chi connectivity index (χ0) is 4.28. The molecule has 0 aromatic heterocycles. The van der Waals surface area contributed by atoms with E-state index in [4.69, 9.17) is 0 Å². The largest absolute Gasteiger partial charge is 3.00 e. The van der Waals surface area contributed by atoms with Crippen molar-refractivity contribution in [3.63, 3.8) is 0 Å². The Morgan fingerprint density at radius 2 is 1.33 bits per heavy atom. The molecule has 40 valence electrons. The molecular weight excluding hydrogens is 161 g/mol. The molecule has 0 spiro atoms. The van der Waals surface area contributed by atoms with Crippen LogP contribution in [0.4, 0.5) is 0 Å². The molecule has 0 aliphatic rings. The number of hydrogen-bond donors (Lipinski definition) is 0. The van der Waals surface area contributed by atoms with E-state index in [1.165, 1.54) is 0 Å². The summed E-state index contributed by atoms with van der Waals surface area (Å²) in [5.41, 5.74) is 0. The van der Waals surface area contributed by atoms with Gasteiger partial charge in [-0.05, 0) is 0 Å². The minimum absolute atomic E-state index is 0. The summed E-state index contributed by atoms with van der Waals surface area (Å²) in [5.74, 6) is 0. The van der Waals surface area contributed by atoms with Crippen molar-refractivity contribution in [3.8, 4) is 0 Å². The van der Waals surface area contributed by atoms with E-state index < -0.39 is 0 Å². The maximum absolute atomic E-state index is 9.90. The van der Waals surface area contributed by atoms with E-state index in [-0.39, 0.29) is 63.7 Å². The predicted octanol–water partition coefficient (Wildman–Crippen LogP) is -1.12. The maximum atomic E-state index is 9.90. The Bertz CT molecular complexity index is 27.8. The van der Waals surface area contributed by atoms with Crippen LogP contribution in [0.1, 0.15) is 20.3 Å². The normalized spacial score (nSPS) is 8.33. The van der Waals surface area contributed by atoms with E-state index >= 15 is 0 Å². The monoisotopic (exact) mass is 170 g/mol. The first kappa shape index (κ1) is 31.3. The summed E-state index contributed by atoms with van der Waals surface area (Å²) in [6.45, 7) is 3.55. The first-order valence-corrected chi connectivity index (χ1v) is 1.93. The fourth-order valence-corrected chi connectivity index (χ4v) is 0. The number of rotatable bonds is 1. The summed E-state index contributed by atoms with van der Waals surface area (Å²) >= 11 is 0. The van der Waals surface area contributed by atoms with Gasteiger partial charge in [-0.1, -0.05) is 20.3 Å². The Labute approximate surface area is 88.7 Å². The molecule has 0 amide bonds. The molecule has 0 fully saturated rings. The quantitative estimate of drug-likeness (QED) is 0.460. The van der Waals surface area contributed by atoms with Crippen molar-refractivity contribution < 1.29 is 10.6 Å². The smallest absolute Gasteiger partial charge is 2.00 e. The van der Waals surface area contributed by atoms with Gasteiger partial charge in [0.1, 0.15) is 0 Å². The molecule has 9 heavy (non-hydrogen) atoms. The van der Waals surface area contributed by atoms with Gasteiger partial charge in [-0.2, -0.15) is 0 Å². The van der Waals surface area contributed by atoms with E-state index in [0.717, 1.165) is 6.42 Å². The third kappa shape index (κ3) is 43.5. The van der Waals surface area contributed by atoms with E-state index in [0.29, 0.717) is 0 Å². The average molecular weight is 170 g/mol. The Hall–Kier alpha value is 1.52. The van der Waals surface area contributed by atoms with E-state index in [1.54, 1.807) is 6.92 Å². The molecule has 0 aliphatic heterocycles. The third-order valence-electron chi connectivity index (χ3n) is 0.575. The molecule has 0 aromatic carbocycles. The molecule has 0 aromatic rings. The molecular formula is C4H9Al3O2+6. The minimum atomic E-state index is -0.366. The van der Waals surface area contributed by atoms with Crippen LogP contribution in [0.3, 0.4) is 0 Å². The summed E-state index contributed by atoms with van der Waals surface area (Å²) in [6.07, 6.45) is 0.384. The van der Waals surface area contributed by atoms with Crippen molar-refractivity contribution in [2.45, 2.75) is 26.4 Å². The molecule has 0 saturated heterocycles. The van der Waals surface area contributed by atoms with E-state index in [2.05, 4.69) is 0 Å². The second-order valence-corrected chi connectivity index (χ2v) is 1.22. The van der Waals surface area contributed by atoms with Gasteiger partial charge in [0.05, 0.1) is 0 Å². The topological polar surface area (TPSA) is 51.6 Å². The molecule has 0 rings (SSSR count). The van der Waals surface area contributed by atoms with Crippen molar-refractivity contribution in [1.82, 2.24) is 0 Å². The number of hydrogen-bond acceptors (Lipinski definition) is 1. The zero-order valence-electron chi connectivity index (χ0n) is 5.83. The van der Waals surface area contributed by atoms with Crippen LogP contribution in [-0.4, -0.2) is 58.2 Å². The van der Waals surface area contributed by atoms with Gasteiger partial charge in [-0.15, -0.1) is 6.10 Å². The Kier molecular flexibility index (Phi) is 78.9. The Balaban J connectivity index is -0.0000000133. The first-order chi connectivity index (χ1) is 2.27. The summed E-state index contributed by atoms with van der Waals surface area (Å²) in [4.78, 5) is 0. The van der Waals surface area contributed by atoms with Crippen LogP contribution in [0.25, 0.3) is 0 Å². The molecule has 1 atom stereocenters. The maximum Gasteiger partial charge on any atom is 3.00 e. The third-order valence-corrected chi connectivity index (χ3v) is 0.575. The van der Waals surface area contributed by atoms with Crippen molar-refractivity contribution in [3.05, 3.63) is 0 Å². The Morgan fingerprint density at radius 1 is 1.22 bits per heavy atom. The zero-order valence-corrected chi connectivity index (χ0v) is 9.30. The molecule has 1 unspecified atom stereocenters. The van der Waals surface area contributed by atoms with Crippen molar-refractivity contribution in [2.75, 3.05) is 0 Å². The van der Waals surface area contributed by atoms with Crippen LogP contribution in [0.15, 0.2) is 0 Å². The first-order valence-electron chi connectivity index (χ1n) is 1.93. The van der Waals surface area contributed by atoms with Gasteiger partial charge in [0.2, 0.25) is 0 Å². The molecule has 5 heteroatoms. The summed E-state index contributed by atoms with van der Waals surface area (Å²) in [6, 6.07) is 0. The second-order valence-electron chi connectivity index (χ2n) is 1.22. The van der Waals surface area contributed by atoms with E-state index in [9.17, 15) is 5.11 Å². The molecule has 0 heterocycles. The fraction of sp³-hybridized carbons (Fsp3) is 1.00. The molecule has 0 aliphatic carbocycles. The van der Waals surface area contributed by atoms with Crippen molar-refractivity contribution >= 4 is 52.1 Å². The molecule has 0 radical (unpaired) electrons. The summed E-state index contributed by atoms with van der Waals surface area (Å²) in [7, 11) is 0. The van der Waals surface area contributed by atoms with Crippen molar-refractivity contribution in [2.24, 2.45) is 0 Å². The Morgan fingerprint density at radius 3 is 1.33 bits per heavy atom. The second kappa shape index (κ2) is 22.7. The van der Waals surface area contributed by atoms with Gasteiger partial charge in [0.15, 0.2) is 0 Å². The van der Waals surface area contributed by atoms with Crippen LogP contribution in [0, 0.1) is 0 Å². The van der Waals surface area contributed by atoms with Crippen LogP contribution in [0.2, 0.25) is 0 Å². The molecule has 0 bridgehead atoms.